The highest BCUT2D eigenvalue weighted by Gasteiger charge is 2.27. The van der Waals surface area contributed by atoms with Gasteiger partial charge in [-0.05, 0) is 28.9 Å². The van der Waals surface area contributed by atoms with Crippen molar-refractivity contribution in [3.05, 3.63) is 16.8 Å². The molecule has 0 saturated carbocycles. The molecule has 1 aliphatic heterocycles. The Kier molecular flexibility index (Phi) is 2.60. The van der Waals surface area contributed by atoms with Crippen molar-refractivity contribution < 1.29 is 9.21 Å². The summed E-state index contributed by atoms with van der Waals surface area (Å²) in [5.74, 6) is 0.660. The van der Waals surface area contributed by atoms with Gasteiger partial charge >= 0.3 is 0 Å². The van der Waals surface area contributed by atoms with E-state index in [1.165, 1.54) is 0 Å². The number of hydrogen-bond donors (Lipinski definition) is 1. The van der Waals surface area contributed by atoms with Crippen LogP contribution in [0, 0.1) is 0 Å². The lowest BCUT2D eigenvalue weighted by Crippen LogP contribution is -2.53. The Morgan fingerprint density at radius 3 is 3.07 bits per heavy atom. The van der Waals surface area contributed by atoms with Gasteiger partial charge in [-0.25, -0.2) is 0 Å². The van der Waals surface area contributed by atoms with Crippen LogP contribution in [0.5, 0.6) is 0 Å². The number of hydrogen-bond acceptors (Lipinski definition) is 3. The van der Waals surface area contributed by atoms with Gasteiger partial charge in [0.05, 0.1) is 6.04 Å². The van der Waals surface area contributed by atoms with Crippen molar-refractivity contribution in [2.24, 2.45) is 0 Å². The van der Waals surface area contributed by atoms with E-state index in [1.807, 2.05) is 6.92 Å². The minimum absolute atomic E-state index is 0.0538. The molecule has 4 nitrogen and oxygen atoms in total. The van der Waals surface area contributed by atoms with E-state index in [2.05, 4.69) is 21.2 Å². The molecule has 1 fully saturated rings. The molecule has 1 saturated heterocycles. The zero-order valence-corrected chi connectivity index (χ0v) is 9.37. The molecule has 0 aliphatic carbocycles. The van der Waals surface area contributed by atoms with Gasteiger partial charge in [-0.3, -0.25) is 9.69 Å². The highest BCUT2D eigenvalue weighted by Crippen LogP contribution is 2.23. The van der Waals surface area contributed by atoms with Gasteiger partial charge in [0.2, 0.25) is 11.8 Å². The van der Waals surface area contributed by atoms with E-state index in [0.717, 1.165) is 6.54 Å². The first kappa shape index (κ1) is 9.73. The molecule has 14 heavy (non-hydrogen) atoms. The summed E-state index contributed by atoms with van der Waals surface area (Å²) in [6.45, 7) is 3.31. The minimum Gasteiger partial charge on any atom is -0.433 e. The van der Waals surface area contributed by atoms with Crippen molar-refractivity contribution in [2.75, 3.05) is 18.0 Å². The normalized spacial score (nSPS) is 22.9. The summed E-state index contributed by atoms with van der Waals surface area (Å²) in [5.41, 5.74) is 0. The second kappa shape index (κ2) is 3.74. The van der Waals surface area contributed by atoms with E-state index >= 15 is 0 Å². The minimum atomic E-state index is -0.132. The summed E-state index contributed by atoms with van der Waals surface area (Å²) in [4.78, 5) is 13.4. The van der Waals surface area contributed by atoms with Gasteiger partial charge in [-0.1, -0.05) is 0 Å². The molecule has 0 bridgehead atoms. The molecule has 1 aromatic rings. The third kappa shape index (κ3) is 1.69. The number of halogens is 1. The first-order chi connectivity index (χ1) is 6.68. The maximum absolute atomic E-state index is 11.7. The molecule has 0 radical (unpaired) electrons. The number of anilines is 1. The first-order valence-electron chi connectivity index (χ1n) is 4.48. The smallest absolute Gasteiger partial charge is 0.246 e. The van der Waals surface area contributed by atoms with Gasteiger partial charge in [-0.15, -0.1) is 0 Å². The average molecular weight is 259 g/mol. The Hall–Kier alpha value is -0.810. The van der Waals surface area contributed by atoms with Crippen LogP contribution < -0.4 is 10.2 Å². The van der Waals surface area contributed by atoms with E-state index in [4.69, 9.17) is 4.42 Å². The number of nitrogens with one attached hydrogen (secondary N) is 1. The summed E-state index contributed by atoms with van der Waals surface area (Å²) >= 11 is 3.21. The Morgan fingerprint density at radius 2 is 2.43 bits per heavy atom. The van der Waals surface area contributed by atoms with Crippen LogP contribution in [-0.2, 0) is 4.79 Å². The Bertz CT molecular complexity index is 350. The molecular weight excluding hydrogens is 248 g/mol. The van der Waals surface area contributed by atoms with Gasteiger partial charge in [0.25, 0.3) is 0 Å². The highest BCUT2D eigenvalue weighted by molar-refractivity contribution is 9.10. The lowest BCUT2D eigenvalue weighted by Gasteiger charge is -2.29. The van der Waals surface area contributed by atoms with Crippen molar-refractivity contribution in [3.63, 3.8) is 0 Å². The van der Waals surface area contributed by atoms with Crippen LogP contribution in [0.15, 0.2) is 21.2 Å². The average Bonchev–Trinajstić information content (AvgIpc) is 2.57. The number of carbonyl (C=O) groups is 1. The molecule has 0 aromatic carbocycles. The van der Waals surface area contributed by atoms with E-state index in [0.29, 0.717) is 17.1 Å². The van der Waals surface area contributed by atoms with Crippen molar-refractivity contribution in [1.82, 2.24) is 5.32 Å². The molecule has 1 aromatic heterocycles. The monoisotopic (exact) mass is 258 g/mol. The standard InChI is InChI=1S/C9H11BrN2O2/c1-6-9(13)12(5-4-11-6)8-3-2-7(10)14-8/h2-3,6,11H,4-5H2,1H3. The number of piperazine rings is 1. The SMILES string of the molecule is CC1NCCN(c2ccc(Br)o2)C1=O. The summed E-state index contributed by atoms with van der Waals surface area (Å²) < 4.78 is 5.98. The molecule has 2 heterocycles. The van der Waals surface area contributed by atoms with Crippen LogP contribution in [0.1, 0.15) is 6.92 Å². The topological polar surface area (TPSA) is 45.5 Å². The number of rotatable bonds is 1. The number of furan rings is 1. The van der Waals surface area contributed by atoms with E-state index in [9.17, 15) is 4.79 Å². The lowest BCUT2D eigenvalue weighted by atomic mass is 10.2. The molecular formula is C9H11BrN2O2. The largest absolute Gasteiger partial charge is 0.433 e. The van der Waals surface area contributed by atoms with Crippen LogP contribution in [0.4, 0.5) is 5.88 Å². The molecule has 76 valence electrons. The second-order valence-electron chi connectivity index (χ2n) is 3.24. The summed E-state index contributed by atoms with van der Waals surface area (Å²) in [7, 11) is 0. The third-order valence-electron chi connectivity index (χ3n) is 2.25. The highest BCUT2D eigenvalue weighted by atomic mass is 79.9. The van der Waals surface area contributed by atoms with E-state index in [-0.39, 0.29) is 11.9 Å². The van der Waals surface area contributed by atoms with Crippen molar-refractivity contribution in [1.29, 1.82) is 0 Å². The van der Waals surface area contributed by atoms with Crippen LogP contribution in [0.2, 0.25) is 0 Å². The van der Waals surface area contributed by atoms with Gasteiger partial charge in [0, 0.05) is 19.2 Å². The molecule has 2 rings (SSSR count). The molecule has 1 aliphatic rings. The van der Waals surface area contributed by atoms with Crippen molar-refractivity contribution in [2.45, 2.75) is 13.0 Å². The predicted molar refractivity (Wildman–Crippen MR) is 56.2 cm³/mol. The zero-order chi connectivity index (χ0) is 10.1. The third-order valence-corrected chi connectivity index (χ3v) is 2.67. The summed E-state index contributed by atoms with van der Waals surface area (Å²) in [6, 6.07) is 3.45. The fourth-order valence-corrected chi connectivity index (χ4v) is 1.79. The molecule has 1 atom stereocenters. The summed E-state index contributed by atoms with van der Waals surface area (Å²) in [6.07, 6.45) is 0. The maximum atomic E-state index is 11.7. The Labute approximate surface area is 90.4 Å². The molecule has 1 amide bonds. The van der Waals surface area contributed by atoms with Crippen molar-refractivity contribution in [3.8, 4) is 0 Å². The fraction of sp³-hybridized carbons (Fsp3) is 0.444. The fourth-order valence-electron chi connectivity index (χ4n) is 1.49. The van der Waals surface area contributed by atoms with E-state index < -0.39 is 0 Å². The lowest BCUT2D eigenvalue weighted by molar-refractivity contribution is -0.121. The maximum Gasteiger partial charge on any atom is 0.246 e. The Morgan fingerprint density at radius 1 is 1.64 bits per heavy atom. The van der Waals surface area contributed by atoms with Crippen LogP contribution in [-0.4, -0.2) is 25.0 Å². The predicted octanol–water partition coefficient (Wildman–Crippen LogP) is 1.37. The number of amides is 1. The number of carbonyl (C=O) groups excluding carboxylic acids is 1. The second-order valence-corrected chi connectivity index (χ2v) is 4.03. The van der Waals surface area contributed by atoms with Crippen LogP contribution in [0.3, 0.4) is 0 Å². The first-order valence-corrected chi connectivity index (χ1v) is 5.28. The molecule has 1 N–H and O–H groups in total. The van der Waals surface area contributed by atoms with Gasteiger partial charge in [-0.2, -0.15) is 0 Å². The van der Waals surface area contributed by atoms with Gasteiger partial charge in [0.15, 0.2) is 4.67 Å². The van der Waals surface area contributed by atoms with E-state index in [1.54, 1.807) is 17.0 Å². The van der Waals surface area contributed by atoms with Crippen molar-refractivity contribution >= 4 is 27.7 Å². The molecule has 0 spiro atoms. The number of nitrogens with zero attached hydrogens (tertiary/aromatic N) is 1. The molecule has 1 unspecified atom stereocenters. The quantitative estimate of drug-likeness (QED) is 0.828. The van der Waals surface area contributed by atoms with Crippen LogP contribution in [0.25, 0.3) is 0 Å². The molecule has 5 heteroatoms. The Balaban J connectivity index is 2.21. The zero-order valence-electron chi connectivity index (χ0n) is 7.79. The van der Waals surface area contributed by atoms with Gasteiger partial charge < -0.3 is 9.73 Å². The van der Waals surface area contributed by atoms with Gasteiger partial charge in [0.1, 0.15) is 0 Å². The van der Waals surface area contributed by atoms with Crippen LogP contribution >= 0.6 is 15.9 Å². The summed E-state index contributed by atoms with van der Waals surface area (Å²) in [5, 5.41) is 3.09.